The minimum absolute atomic E-state index is 0.0595. The second-order valence-corrected chi connectivity index (χ2v) is 5.97. The van der Waals surface area contributed by atoms with Gasteiger partial charge in [-0.25, -0.2) is 4.98 Å². The molecule has 2 N–H and O–H groups in total. The Balaban J connectivity index is 2.10. The van der Waals surface area contributed by atoms with E-state index in [9.17, 15) is 23.4 Å². The van der Waals surface area contributed by atoms with Crippen LogP contribution in [0.25, 0.3) is 0 Å². The van der Waals surface area contributed by atoms with Gasteiger partial charge < -0.3 is 10.2 Å². The molecule has 0 spiro atoms. The van der Waals surface area contributed by atoms with Crippen LogP contribution in [0, 0.1) is 6.92 Å². The number of alkyl halides is 3. The number of thiazole rings is 1. The number of aromatic hydroxyl groups is 1. The fourth-order valence-electron chi connectivity index (χ4n) is 2.27. The number of aromatic nitrogens is 1. The van der Waals surface area contributed by atoms with Gasteiger partial charge in [0.2, 0.25) is 5.13 Å². The minimum atomic E-state index is -4.94. The van der Waals surface area contributed by atoms with E-state index in [0.29, 0.717) is 10.7 Å². The van der Waals surface area contributed by atoms with E-state index in [4.69, 9.17) is 0 Å². The number of phenolic OH excluding ortho intramolecular Hbond substituents is 1. The molecule has 0 fully saturated rings. The molecule has 1 aliphatic heterocycles. The van der Waals surface area contributed by atoms with E-state index in [2.05, 4.69) is 10.1 Å². The van der Waals surface area contributed by atoms with Gasteiger partial charge in [0.15, 0.2) is 0 Å². The molecule has 0 unspecified atom stereocenters. The zero-order chi connectivity index (χ0) is 16.8. The van der Waals surface area contributed by atoms with Gasteiger partial charge >= 0.3 is 6.18 Å². The van der Waals surface area contributed by atoms with Crippen molar-refractivity contribution in [2.75, 3.05) is 5.01 Å². The van der Waals surface area contributed by atoms with E-state index < -0.39 is 18.3 Å². The van der Waals surface area contributed by atoms with Crippen LogP contribution in [0.2, 0.25) is 0 Å². The molecule has 1 aromatic carbocycles. The third-order valence-electron chi connectivity index (χ3n) is 3.44. The lowest BCUT2D eigenvalue weighted by atomic mass is 10.0. The number of aliphatic hydroxyl groups is 1. The summed E-state index contributed by atoms with van der Waals surface area (Å²) >= 11 is 0.952. The molecule has 122 valence electrons. The molecule has 0 bridgehead atoms. The van der Waals surface area contributed by atoms with Gasteiger partial charge in [-0.05, 0) is 19.1 Å². The topological polar surface area (TPSA) is 69.0 Å². The Kier molecular flexibility index (Phi) is 3.56. The predicted octanol–water partition coefficient (Wildman–Crippen LogP) is 3.02. The van der Waals surface area contributed by atoms with Crippen molar-refractivity contribution in [2.45, 2.75) is 25.2 Å². The molecule has 0 aliphatic carbocycles. The van der Waals surface area contributed by atoms with Crippen LogP contribution in [0.15, 0.2) is 34.7 Å². The van der Waals surface area contributed by atoms with Gasteiger partial charge in [0.25, 0.3) is 5.72 Å². The summed E-state index contributed by atoms with van der Waals surface area (Å²) in [6.07, 6.45) is -5.74. The van der Waals surface area contributed by atoms with Crippen molar-refractivity contribution in [3.05, 3.63) is 40.9 Å². The molecular formula is C14H12F3N3O2S. The molecule has 5 nitrogen and oxygen atoms in total. The normalized spacial score (nSPS) is 21.6. The summed E-state index contributed by atoms with van der Waals surface area (Å²) < 4.78 is 40.3. The van der Waals surface area contributed by atoms with Crippen LogP contribution in [0.3, 0.4) is 0 Å². The smallest absolute Gasteiger partial charge is 0.438 e. The summed E-state index contributed by atoms with van der Waals surface area (Å²) in [6, 6.07) is 5.91. The Morgan fingerprint density at radius 2 is 2.00 bits per heavy atom. The predicted molar refractivity (Wildman–Crippen MR) is 79.6 cm³/mol. The number of hydrazone groups is 1. The van der Waals surface area contributed by atoms with Crippen LogP contribution < -0.4 is 5.01 Å². The second kappa shape index (κ2) is 5.20. The van der Waals surface area contributed by atoms with Crippen molar-refractivity contribution >= 4 is 22.2 Å². The number of para-hydroxylation sites is 1. The van der Waals surface area contributed by atoms with Crippen molar-refractivity contribution < 1.29 is 23.4 Å². The van der Waals surface area contributed by atoms with E-state index in [1.54, 1.807) is 24.4 Å². The van der Waals surface area contributed by atoms with Crippen LogP contribution in [0.5, 0.6) is 5.75 Å². The number of benzene rings is 1. The van der Waals surface area contributed by atoms with Crippen LogP contribution in [0.4, 0.5) is 18.3 Å². The average molecular weight is 343 g/mol. The Morgan fingerprint density at radius 1 is 1.30 bits per heavy atom. The van der Waals surface area contributed by atoms with Gasteiger partial charge in [-0.3, -0.25) is 0 Å². The van der Waals surface area contributed by atoms with E-state index >= 15 is 0 Å². The lowest BCUT2D eigenvalue weighted by molar-refractivity contribution is -0.254. The summed E-state index contributed by atoms with van der Waals surface area (Å²) in [4.78, 5) is 3.97. The first-order chi connectivity index (χ1) is 10.7. The zero-order valence-electron chi connectivity index (χ0n) is 11.9. The number of halogens is 3. The van der Waals surface area contributed by atoms with E-state index in [-0.39, 0.29) is 22.2 Å². The van der Waals surface area contributed by atoms with E-state index in [1.165, 1.54) is 12.1 Å². The molecule has 0 radical (unpaired) electrons. The second-order valence-electron chi connectivity index (χ2n) is 5.14. The van der Waals surface area contributed by atoms with Crippen molar-refractivity contribution in [1.82, 2.24) is 4.98 Å². The summed E-state index contributed by atoms with van der Waals surface area (Å²) in [5.74, 6) is -0.201. The van der Waals surface area contributed by atoms with Crippen LogP contribution in [0.1, 0.15) is 17.7 Å². The number of aryl methyl sites for hydroxylation is 1. The van der Waals surface area contributed by atoms with E-state index in [0.717, 1.165) is 11.3 Å². The van der Waals surface area contributed by atoms with Crippen LogP contribution in [-0.2, 0) is 0 Å². The van der Waals surface area contributed by atoms with Crippen molar-refractivity contribution in [3.63, 3.8) is 0 Å². The zero-order valence-corrected chi connectivity index (χ0v) is 12.7. The molecule has 2 aromatic rings. The largest absolute Gasteiger partial charge is 0.507 e. The molecule has 0 amide bonds. The molecule has 1 atom stereocenters. The summed E-state index contributed by atoms with van der Waals surface area (Å²) in [6.45, 7) is 1.64. The van der Waals surface area contributed by atoms with Crippen molar-refractivity contribution in [1.29, 1.82) is 0 Å². The summed E-state index contributed by atoms with van der Waals surface area (Å²) in [5, 5.41) is 25.9. The third kappa shape index (κ3) is 2.55. The molecule has 2 heterocycles. The maximum Gasteiger partial charge on any atom is 0.438 e. The Labute approximate surface area is 133 Å². The van der Waals surface area contributed by atoms with Gasteiger partial charge in [-0.1, -0.05) is 12.1 Å². The molecule has 0 saturated heterocycles. The highest BCUT2D eigenvalue weighted by molar-refractivity contribution is 7.13. The number of phenols is 1. The first kappa shape index (κ1) is 15.8. The molecule has 0 saturated carbocycles. The maximum atomic E-state index is 13.4. The van der Waals surface area contributed by atoms with Crippen molar-refractivity contribution in [3.8, 4) is 5.75 Å². The summed E-state index contributed by atoms with van der Waals surface area (Å²) in [5.41, 5.74) is -2.59. The molecular weight excluding hydrogens is 331 g/mol. The SMILES string of the molecule is Cc1csc(N2N=C(c3ccccc3O)C[C@@]2(O)C(F)(F)F)n1. The molecule has 1 aliphatic rings. The van der Waals surface area contributed by atoms with Crippen LogP contribution >= 0.6 is 11.3 Å². The van der Waals surface area contributed by atoms with Gasteiger partial charge in [-0.2, -0.15) is 23.3 Å². The quantitative estimate of drug-likeness (QED) is 0.879. The lowest BCUT2D eigenvalue weighted by Crippen LogP contribution is -2.55. The Morgan fingerprint density at radius 3 is 2.57 bits per heavy atom. The third-order valence-corrected chi connectivity index (χ3v) is 4.38. The average Bonchev–Trinajstić information content (AvgIpc) is 3.03. The minimum Gasteiger partial charge on any atom is -0.507 e. The number of hydrogen-bond acceptors (Lipinski definition) is 6. The number of rotatable bonds is 2. The molecule has 1 aromatic heterocycles. The Hall–Kier alpha value is -2.13. The molecule has 9 heteroatoms. The Bertz CT molecular complexity index is 775. The molecule has 3 rings (SSSR count). The fourth-order valence-corrected chi connectivity index (χ4v) is 3.09. The van der Waals surface area contributed by atoms with Gasteiger partial charge in [-0.15, -0.1) is 11.3 Å². The van der Waals surface area contributed by atoms with Gasteiger partial charge in [0, 0.05) is 10.9 Å². The molecule has 23 heavy (non-hydrogen) atoms. The van der Waals surface area contributed by atoms with E-state index in [1.807, 2.05) is 0 Å². The number of hydrogen-bond donors (Lipinski definition) is 2. The maximum absolute atomic E-state index is 13.4. The first-order valence-electron chi connectivity index (χ1n) is 6.60. The van der Waals surface area contributed by atoms with Gasteiger partial charge in [0.1, 0.15) is 5.75 Å². The number of nitrogens with zero attached hydrogens (tertiary/aromatic N) is 3. The lowest BCUT2D eigenvalue weighted by Gasteiger charge is -2.32. The number of anilines is 1. The highest BCUT2D eigenvalue weighted by atomic mass is 32.1. The summed E-state index contributed by atoms with van der Waals surface area (Å²) in [7, 11) is 0. The van der Waals surface area contributed by atoms with Crippen molar-refractivity contribution in [2.24, 2.45) is 5.10 Å². The first-order valence-corrected chi connectivity index (χ1v) is 7.47. The van der Waals surface area contributed by atoms with Crippen LogP contribution in [-0.4, -0.2) is 32.8 Å². The highest BCUT2D eigenvalue weighted by Crippen LogP contribution is 2.44. The fraction of sp³-hybridized carbons (Fsp3) is 0.286. The van der Waals surface area contributed by atoms with Gasteiger partial charge in [0.05, 0.1) is 17.8 Å². The monoisotopic (exact) mass is 343 g/mol. The standard InChI is InChI=1S/C14H12F3N3O2S/c1-8-7-23-12(18-8)20-13(22,14(15,16)17)6-10(19-20)9-4-2-3-5-11(9)21/h2-5,7,21-22H,6H2,1H3/t13-/m1/s1. The highest BCUT2D eigenvalue weighted by Gasteiger charge is 2.62.